The molecule has 0 unspecified atom stereocenters. The predicted octanol–water partition coefficient (Wildman–Crippen LogP) is 3.98. The molecule has 1 aromatic heterocycles. The van der Waals surface area contributed by atoms with E-state index >= 15 is 0 Å². The maximum atomic E-state index is 13.4. The van der Waals surface area contributed by atoms with Gasteiger partial charge < -0.3 is 5.32 Å². The number of hydrogen-bond acceptors (Lipinski definition) is 4. The summed E-state index contributed by atoms with van der Waals surface area (Å²) in [7, 11) is 0. The van der Waals surface area contributed by atoms with Crippen molar-refractivity contribution in [3.63, 3.8) is 0 Å². The van der Waals surface area contributed by atoms with Crippen LogP contribution in [0.25, 0.3) is 0 Å². The Morgan fingerprint density at radius 1 is 1.25 bits per heavy atom. The average molecular weight is 327 g/mol. The highest BCUT2D eigenvalue weighted by Gasteiger charge is 2.14. The predicted molar refractivity (Wildman–Crippen MR) is 62.3 cm³/mol. The van der Waals surface area contributed by atoms with E-state index in [2.05, 4.69) is 30.0 Å². The first kappa shape index (κ1) is 11.7. The lowest BCUT2D eigenvalue weighted by molar-refractivity contribution is 0.589. The van der Waals surface area contributed by atoms with E-state index in [1.165, 1.54) is 0 Å². The van der Waals surface area contributed by atoms with Crippen LogP contribution in [0.2, 0.25) is 5.15 Å². The van der Waals surface area contributed by atoms with Crippen LogP contribution < -0.4 is 5.32 Å². The topological polar surface area (TPSA) is 37.8 Å². The van der Waals surface area contributed by atoms with E-state index in [0.29, 0.717) is 4.47 Å². The Morgan fingerprint density at radius 3 is 2.38 bits per heavy atom. The molecule has 0 fully saturated rings. The molecule has 0 saturated carbocycles. The quantitative estimate of drug-likeness (QED) is 0.907. The monoisotopic (exact) mass is 325 g/mol. The zero-order valence-electron chi connectivity index (χ0n) is 7.47. The van der Waals surface area contributed by atoms with E-state index in [1.54, 1.807) is 0 Å². The number of nitrogens with one attached hydrogen (secondary N) is 1. The molecular weight excluding hydrogens is 324 g/mol. The molecule has 0 aliphatic rings. The lowest BCUT2D eigenvalue weighted by Gasteiger charge is -2.06. The second kappa shape index (κ2) is 4.60. The molecular formula is C8H3BrClF2N3S. The lowest BCUT2D eigenvalue weighted by atomic mass is 10.3. The summed E-state index contributed by atoms with van der Waals surface area (Å²) in [6, 6.07) is 2.28. The SMILES string of the molecule is Fc1cc(Br)cc(F)c1Nc1nsnc1Cl. The number of aromatic nitrogens is 2. The molecule has 1 heterocycles. The number of nitrogens with zero attached hydrogens (tertiary/aromatic N) is 2. The molecule has 2 aromatic rings. The van der Waals surface area contributed by atoms with Crippen molar-refractivity contribution in [3.8, 4) is 0 Å². The molecule has 2 rings (SSSR count). The highest BCUT2D eigenvalue weighted by Crippen LogP contribution is 2.28. The van der Waals surface area contributed by atoms with Gasteiger partial charge in [-0.2, -0.15) is 8.75 Å². The van der Waals surface area contributed by atoms with Gasteiger partial charge in [-0.1, -0.05) is 27.5 Å². The highest BCUT2D eigenvalue weighted by atomic mass is 79.9. The van der Waals surface area contributed by atoms with Crippen molar-refractivity contribution in [1.82, 2.24) is 8.75 Å². The van der Waals surface area contributed by atoms with E-state index in [0.717, 1.165) is 23.9 Å². The Bertz CT molecular complexity index is 511. The Kier molecular flexibility index (Phi) is 3.36. The van der Waals surface area contributed by atoms with Crippen LogP contribution in [0.5, 0.6) is 0 Å². The van der Waals surface area contributed by atoms with Gasteiger partial charge in [-0.15, -0.1) is 0 Å². The molecule has 3 nitrogen and oxygen atoms in total. The summed E-state index contributed by atoms with van der Waals surface area (Å²) in [6.07, 6.45) is 0. The lowest BCUT2D eigenvalue weighted by Crippen LogP contribution is -1.98. The smallest absolute Gasteiger partial charge is 0.187 e. The third kappa shape index (κ3) is 2.31. The first-order valence-corrected chi connectivity index (χ1v) is 5.87. The summed E-state index contributed by atoms with van der Waals surface area (Å²) < 4.78 is 34.6. The van der Waals surface area contributed by atoms with Gasteiger partial charge in [0, 0.05) is 4.47 Å². The summed E-state index contributed by atoms with van der Waals surface area (Å²) in [5.74, 6) is -1.35. The van der Waals surface area contributed by atoms with E-state index in [-0.39, 0.29) is 16.7 Å². The van der Waals surface area contributed by atoms with E-state index in [4.69, 9.17) is 11.6 Å². The van der Waals surface area contributed by atoms with Gasteiger partial charge in [-0.05, 0) is 12.1 Å². The zero-order valence-corrected chi connectivity index (χ0v) is 10.6. The van der Waals surface area contributed by atoms with E-state index in [9.17, 15) is 8.78 Å². The van der Waals surface area contributed by atoms with Gasteiger partial charge in [0.2, 0.25) is 0 Å². The van der Waals surface area contributed by atoms with Crippen LogP contribution in [0.3, 0.4) is 0 Å². The molecule has 0 saturated heterocycles. The molecule has 1 aromatic carbocycles. The van der Waals surface area contributed by atoms with Gasteiger partial charge in [0.05, 0.1) is 11.7 Å². The van der Waals surface area contributed by atoms with Gasteiger partial charge in [0.25, 0.3) is 0 Å². The molecule has 8 heteroatoms. The first-order chi connectivity index (χ1) is 7.58. The molecule has 0 amide bonds. The number of anilines is 2. The normalized spacial score (nSPS) is 10.5. The van der Waals surface area contributed by atoms with E-state index in [1.807, 2.05) is 0 Å². The van der Waals surface area contributed by atoms with Crippen LogP contribution in [0, 0.1) is 11.6 Å². The van der Waals surface area contributed by atoms with Crippen molar-refractivity contribution in [1.29, 1.82) is 0 Å². The fourth-order valence-electron chi connectivity index (χ4n) is 1.03. The fraction of sp³-hybridized carbons (Fsp3) is 0. The van der Waals surface area contributed by atoms with Crippen molar-refractivity contribution in [2.45, 2.75) is 0 Å². The third-order valence-electron chi connectivity index (χ3n) is 1.70. The molecule has 84 valence electrons. The third-order valence-corrected chi connectivity index (χ3v) is 3.05. The van der Waals surface area contributed by atoms with Gasteiger partial charge in [0.1, 0.15) is 5.69 Å². The summed E-state index contributed by atoms with van der Waals surface area (Å²) in [4.78, 5) is 0. The number of halogens is 4. The Labute approximate surface area is 107 Å². The van der Waals surface area contributed by atoms with Crippen molar-refractivity contribution in [2.24, 2.45) is 0 Å². The van der Waals surface area contributed by atoms with Gasteiger partial charge >= 0.3 is 0 Å². The minimum atomic E-state index is -0.740. The van der Waals surface area contributed by atoms with Crippen LogP contribution in [-0.4, -0.2) is 8.75 Å². The van der Waals surface area contributed by atoms with Crippen molar-refractivity contribution >= 4 is 50.8 Å². The van der Waals surface area contributed by atoms with Crippen LogP contribution in [0.4, 0.5) is 20.3 Å². The molecule has 16 heavy (non-hydrogen) atoms. The molecule has 0 radical (unpaired) electrons. The molecule has 0 spiro atoms. The first-order valence-electron chi connectivity index (χ1n) is 3.97. The van der Waals surface area contributed by atoms with Crippen molar-refractivity contribution in [3.05, 3.63) is 33.4 Å². The standard InChI is InChI=1S/C8H3BrClF2N3S/c9-3-1-4(11)6(5(12)2-3)13-8-7(10)14-16-15-8/h1-2H,(H,13,15). The van der Waals surface area contributed by atoms with Gasteiger partial charge in [0.15, 0.2) is 22.6 Å². The van der Waals surface area contributed by atoms with Crippen LogP contribution in [0.15, 0.2) is 16.6 Å². The van der Waals surface area contributed by atoms with Gasteiger partial charge in [-0.3, -0.25) is 0 Å². The molecule has 0 bridgehead atoms. The maximum Gasteiger partial charge on any atom is 0.187 e. The molecule has 1 N–H and O–H groups in total. The second-order valence-corrected chi connectivity index (χ2v) is 4.58. The van der Waals surface area contributed by atoms with E-state index < -0.39 is 11.6 Å². The maximum absolute atomic E-state index is 13.4. The Morgan fingerprint density at radius 2 is 1.88 bits per heavy atom. The molecule has 0 aliphatic carbocycles. The van der Waals surface area contributed by atoms with Crippen LogP contribution in [0.1, 0.15) is 0 Å². The Balaban J connectivity index is 2.39. The number of rotatable bonds is 2. The average Bonchev–Trinajstić information content (AvgIpc) is 2.57. The Hall–Kier alpha value is -0.790. The summed E-state index contributed by atoms with van der Waals surface area (Å²) in [5.41, 5.74) is -0.308. The van der Waals surface area contributed by atoms with Crippen LogP contribution >= 0.6 is 39.3 Å². The zero-order chi connectivity index (χ0) is 11.7. The second-order valence-electron chi connectivity index (χ2n) is 2.77. The number of benzene rings is 1. The highest BCUT2D eigenvalue weighted by molar-refractivity contribution is 9.10. The molecule has 0 atom stereocenters. The minimum absolute atomic E-state index is 0.0757. The minimum Gasteiger partial charge on any atom is -0.332 e. The summed E-state index contributed by atoms with van der Waals surface area (Å²) in [5, 5.41) is 2.53. The van der Waals surface area contributed by atoms with Crippen LogP contribution in [-0.2, 0) is 0 Å². The van der Waals surface area contributed by atoms with Crippen molar-refractivity contribution in [2.75, 3.05) is 5.32 Å². The summed E-state index contributed by atoms with van der Waals surface area (Å²) in [6.45, 7) is 0. The fourth-order valence-corrected chi connectivity index (χ4v) is 2.08. The number of hydrogen-bond donors (Lipinski definition) is 1. The van der Waals surface area contributed by atoms with Gasteiger partial charge in [-0.25, -0.2) is 8.78 Å². The largest absolute Gasteiger partial charge is 0.332 e. The molecule has 0 aliphatic heterocycles. The van der Waals surface area contributed by atoms with Crippen molar-refractivity contribution < 1.29 is 8.78 Å². The summed E-state index contributed by atoms with van der Waals surface area (Å²) >= 11 is 9.48.